The van der Waals surface area contributed by atoms with Crippen LogP contribution in [0.1, 0.15) is 55.0 Å². The second kappa shape index (κ2) is 10.4. The maximum atomic E-state index is 13.8. The Labute approximate surface area is 185 Å². The molecule has 0 fully saturated rings. The Morgan fingerprint density at radius 3 is 2.81 bits per heavy atom. The summed E-state index contributed by atoms with van der Waals surface area (Å²) >= 11 is 6.12. The molecule has 7 heteroatoms. The summed E-state index contributed by atoms with van der Waals surface area (Å²) < 4.78 is 32.5. The Balaban J connectivity index is 1.68. The fourth-order valence-corrected chi connectivity index (χ4v) is 3.44. The number of benzene rings is 1. The summed E-state index contributed by atoms with van der Waals surface area (Å²) in [6, 6.07) is 6.98. The molecule has 0 atom stereocenters. The number of aromatic nitrogens is 2. The molecule has 31 heavy (non-hydrogen) atoms. The van der Waals surface area contributed by atoms with Gasteiger partial charge in [0.15, 0.2) is 0 Å². The molecule has 2 heterocycles. The Morgan fingerprint density at radius 1 is 1.23 bits per heavy atom. The Hall–Kier alpha value is -2.86. The van der Waals surface area contributed by atoms with Crippen LogP contribution in [0, 0.1) is 18.6 Å². The molecule has 0 unspecified atom stereocenters. The maximum Gasteiger partial charge on any atom is 0.141 e. The lowest BCUT2D eigenvalue weighted by atomic mass is 10.0. The van der Waals surface area contributed by atoms with Crippen LogP contribution in [0.4, 0.5) is 8.78 Å². The van der Waals surface area contributed by atoms with Gasteiger partial charge in [-0.15, -0.1) is 0 Å². The lowest BCUT2D eigenvalue weighted by molar-refractivity contribution is 0.387. The third-order valence-electron chi connectivity index (χ3n) is 4.88. The normalized spacial score (nSPS) is 12.5. The van der Waals surface area contributed by atoms with Gasteiger partial charge in [-0.1, -0.05) is 29.8 Å². The van der Waals surface area contributed by atoms with E-state index in [4.69, 9.17) is 16.1 Å². The van der Waals surface area contributed by atoms with Gasteiger partial charge in [-0.3, -0.25) is 9.98 Å². The third-order valence-corrected chi connectivity index (χ3v) is 5.09. The Bertz CT molecular complexity index is 1120. The van der Waals surface area contributed by atoms with E-state index in [2.05, 4.69) is 28.1 Å². The van der Waals surface area contributed by atoms with Gasteiger partial charge < -0.3 is 4.52 Å². The average Bonchev–Trinajstić information content (AvgIpc) is 3.20. The molecule has 3 aromatic rings. The van der Waals surface area contributed by atoms with Gasteiger partial charge in [0.1, 0.15) is 23.1 Å². The predicted octanol–water partition coefficient (Wildman–Crippen LogP) is 6.59. The van der Waals surface area contributed by atoms with Crippen molar-refractivity contribution < 1.29 is 13.3 Å². The number of aryl methyl sites for hydroxylation is 1. The molecule has 0 saturated carbocycles. The van der Waals surface area contributed by atoms with Gasteiger partial charge in [-0.2, -0.15) is 0 Å². The molecule has 0 saturated heterocycles. The molecule has 0 aliphatic rings. The molecule has 1 aromatic carbocycles. The summed E-state index contributed by atoms with van der Waals surface area (Å²) in [7, 11) is 0. The third kappa shape index (κ3) is 6.07. The van der Waals surface area contributed by atoms with Gasteiger partial charge in [0, 0.05) is 36.5 Å². The highest BCUT2D eigenvalue weighted by Crippen LogP contribution is 2.24. The largest absolute Gasteiger partial charge is 0.360 e. The standard InChI is InChI=1S/C24H24ClF2N3O/c1-4-5-17(22-12-19(25)14-29-15(22)2)8-9-28-16(3)24-13-21(31-30-24)11-18-10-20(26)6-7-23(18)27/h5-7,10,12-14H,4,8-9,11H2,1-3H3. The summed E-state index contributed by atoms with van der Waals surface area (Å²) in [6.07, 6.45) is 5.55. The Morgan fingerprint density at radius 2 is 2.03 bits per heavy atom. The molecule has 4 nitrogen and oxygen atoms in total. The van der Waals surface area contributed by atoms with Crippen molar-refractivity contribution >= 4 is 22.9 Å². The quantitative estimate of drug-likeness (QED) is 0.369. The number of pyridine rings is 1. The molecule has 0 aliphatic carbocycles. The van der Waals surface area contributed by atoms with Gasteiger partial charge in [-0.25, -0.2) is 8.78 Å². The van der Waals surface area contributed by atoms with Crippen molar-refractivity contribution in [1.82, 2.24) is 10.1 Å². The fraction of sp³-hybridized carbons (Fsp3) is 0.292. The van der Waals surface area contributed by atoms with Gasteiger partial charge in [0.25, 0.3) is 0 Å². The summed E-state index contributed by atoms with van der Waals surface area (Å²) in [5, 5.41) is 4.62. The number of allylic oxidation sites excluding steroid dienone is 1. The second-order valence-electron chi connectivity index (χ2n) is 7.23. The Kier molecular flexibility index (Phi) is 7.69. The van der Waals surface area contributed by atoms with E-state index >= 15 is 0 Å². The molecule has 0 N–H and O–H groups in total. The zero-order valence-electron chi connectivity index (χ0n) is 17.8. The second-order valence-corrected chi connectivity index (χ2v) is 7.67. The highest BCUT2D eigenvalue weighted by Gasteiger charge is 2.12. The topological polar surface area (TPSA) is 51.3 Å². The van der Waals surface area contributed by atoms with Crippen LogP contribution in [0.2, 0.25) is 5.02 Å². The minimum Gasteiger partial charge on any atom is -0.360 e. The van der Waals surface area contributed by atoms with Crippen LogP contribution in [-0.2, 0) is 6.42 Å². The summed E-state index contributed by atoms with van der Waals surface area (Å²) in [6.45, 7) is 6.45. The minimum atomic E-state index is -0.491. The van der Waals surface area contributed by atoms with Crippen molar-refractivity contribution in [3.63, 3.8) is 0 Å². The molecule has 0 aliphatic heterocycles. The smallest absolute Gasteiger partial charge is 0.141 e. The highest BCUT2D eigenvalue weighted by atomic mass is 35.5. The van der Waals surface area contributed by atoms with Crippen molar-refractivity contribution in [2.75, 3.05) is 6.54 Å². The van der Waals surface area contributed by atoms with E-state index in [1.54, 1.807) is 12.3 Å². The van der Waals surface area contributed by atoms with Gasteiger partial charge >= 0.3 is 0 Å². The first-order valence-corrected chi connectivity index (χ1v) is 10.5. The van der Waals surface area contributed by atoms with E-state index in [-0.39, 0.29) is 12.0 Å². The molecule has 162 valence electrons. The van der Waals surface area contributed by atoms with Crippen LogP contribution in [0.25, 0.3) is 5.57 Å². The van der Waals surface area contributed by atoms with E-state index in [1.807, 2.05) is 19.9 Å². The minimum absolute atomic E-state index is 0.119. The molecule has 0 spiro atoms. The van der Waals surface area contributed by atoms with Crippen molar-refractivity contribution in [2.45, 2.75) is 40.0 Å². The lowest BCUT2D eigenvalue weighted by Gasteiger charge is -2.10. The summed E-state index contributed by atoms with van der Waals surface area (Å²) in [4.78, 5) is 8.95. The maximum absolute atomic E-state index is 13.8. The summed E-state index contributed by atoms with van der Waals surface area (Å²) in [5.41, 5.74) is 4.62. The first-order valence-electron chi connectivity index (χ1n) is 10.1. The van der Waals surface area contributed by atoms with Crippen molar-refractivity contribution in [2.24, 2.45) is 4.99 Å². The van der Waals surface area contributed by atoms with E-state index in [9.17, 15) is 8.78 Å². The van der Waals surface area contributed by atoms with Crippen molar-refractivity contribution in [3.8, 4) is 0 Å². The molecule has 3 rings (SSSR count). The number of nitrogens with zero attached hydrogens (tertiary/aromatic N) is 3. The first kappa shape index (κ1) is 22.8. The number of halogens is 3. The van der Waals surface area contributed by atoms with Crippen molar-refractivity contribution in [3.05, 3.63) is 87.5 Å². The average molecular weight is 444 g/mol. The van der Waals surface area contributed by atoms with E-state index in [0.29, 0.717) is 28.7 Å². The fourth-order valence-electron chi connectivity index (χ4n) is 3.28. The van der Waals surface area contributed by atoms with Gasteiger partial charge in [0.05, 0.1) is 10.7 Å². The predicted molar refractivity (Wildman–Crippen MR) is 120 cm³/mol. The molecule has 0 radical (unpaired) electrons. The van der Waals surface area contributed by atoms with Crippen molar-refractivity contribution in [1.29, 1.82) is 0 Å². The van der Waals surface area contributed by atoms with Crippen LogP contribution < -0.4 is 0 Å². The number of hydrogen-bond acceptors (Lipinski definition) is 4. The molecule has 0 bridgehead atoms. The van der Waals surface area contributed by atoms with Crippen LogP contribution in [0.3, 0.4) is 0 Å². The summed E-state index contributed by atoms with van der Waals surface area (Å²) in [5.74, 6) is -0.526. The van der Waals surface area contributed by atoms with Crippen LogP contribution in [0.5, 0.6) is 0 Å². The monoisotopic (exact) mass is 443 g/mol. The first-order chi connectivity index (χ1) is 14.9. The van der Waals surface area contributed by atoms with E-state index in [0.717, 1.165) is 47.9 Å². The van der Waals surface area contributed by atoms with Crippen LogP contribution in [0.15, 0.2) is 52.1 Å². The van der Waals surface area contributed by atoms with Crippen LogP contribution in [-0.4, -0.2) is 22.4 Å². The SMILES string of the molecule is CCC=C(CCN=C(C)c1cc(Cc2cc(F)ccc2F)on1)c1cc(Cl)cnc1C. The zero-order valence-corrected chi connectivity index (χ0v) is 18.5. The molecular formula is C24H24ClF2N3O. The number of aliphatic imine (C=N–C) groups is 1. The zero-order chi connectivity index (χ0) is 22.4. The van der Waals surface area contributed by atoms with Gasteiger partial charge in [-0.05, 0) is 62.1 Å². The van der Waals surface area contributed by atoms with Gasteiger partial charge in [0.2, 0.25) is 0 Å². The molecular weight excluding hydrogens is 420 g/mol. The lowest BCUT2D eigenvalue weighted by Crippen LogP contribution is -1.99. The molecule has 0 amide bonds. The molecule has 2 aromatic heterocycles. The number of hydrogen-bond donors (Lipinski definition) is 0. The van der Waals surface area contributed by atoms with Crippen LogP contribution >= 0.6 is 11.6 Å². The van der Waals surface area contributed by atoms with E-state index < -0.39 is 11.6 Å². The highest BCUT2D eigenvalue weighted by molar-refractivity contribution is 6.30. The van der Waals surface area contributed by atoms with E-state index in [1.165, 1.54) is 0 Å². The number of rotatable bonds is 8.